The quantitative estimate of drug-likeness (QED) is 0.672. The Morgan fingerprint density at radius 3 is 2.56 bits per heavy atom. The van der Waals surface area contributed by atoms with E-state index in [1.165, 1.54) is 4.90 Å². The maximum atomic E-state index is 13.1. The highest BCUT2D eigenvalue weighted by Gasteiger charge is 2.38. The molecule has 0 bridgehead atoms. The number of ether oxygens (including phenoxy) is 3. The number of anilines is 2. The molecule has 2 atom stereocenters. The summed E-state index contributed by atoms with van der Waals surface area (Å²) in [5, 5.41) is 3.19. The summed E-state index contributed by atoms with van der Waals surface area (Å²) in [5.74, 6) is -0.270. The number of methoxy groups -OCH3 is 1. The number of nitrogens with one attached hydrogen (secondary N) is 1. The topological polar surface area (TPSA) is 97.4 Å². The number of nitrogens with zero attached hydrogens (tertiary/aromatic N) is 2. The second-order valence-electron chi connectivity index (χ2n) is 8.07. The number of hydrogen-bond donors (Lipinski definition) is 1. The number of morpholine rings is 1. The summed E-state index contributed by atoms with van der Waals surface area (Å²) in [4.78, 5) is 40.7. The molecule has 34 heavy (non-hydrogen) atoms. The van der Waals surface area contributed by atoms with E-state index in [-0.39, 0.29) is 30.9 Å². The van der Waals surface area contributed by atoms with E-state index >= 15 is 0 Å². The fraction of sp³-hybridized carbons (Fsp3) is 0.375. The van der Waals surface area contributed by atoms with Crippen LogP contribution in [0.2, 0.25) is 5.02 Å². The molecule has 2 aromatic rings. The lowest BCUT2D eigenvalue weighted by Gasteiger charge is -2.27. The van der Waals surface area contributed by atoms with Crippen LogP contribution in [0.1, 0.15) is 12.0 Å². The third kappa shape index (κ3) is 5.85. The second kappa shape index (κ2) is 10.9. The summed E-state index contributed by atoms with van der Waals surface area (Å²) < 4.78 is 16.1. The molecule has 4 rings (SSSR count). The molecular weight excluding hydrogens is 462 g/mol. The van der Waals surface area contributed by atoms with Gasteiger partial charge < -0.3 is 24.0 Å². The molecule has 1 N–H and O–H groups in total. The van der Waals surface area contributed by atoms with E-state index < -0.39 is 12.3 Å². The molecule has 3 amide bonds. The molecule has 0 saturated carbocycles. The monoisotopic (exact) mass is 487 g/mol. The minimum Gasteiger partial charge on any atom is -0.425 e. The highest BCUT2D eigenvalue weighted by atomic mass is 35.5. The van der Waals surface area contributed by atoms with Gasteiger partial charge in [-0.25, -0.2) is 4.79 Å². The van der Waals surface area contributed by atoms with E-state index in [0.29, 0.717) is 36.8 Å². The number of hydrogen-bond acceptors (Lipinski definition) is 6. The van der Waals surface area contributed by atoms with E-state index in [9.17, 15) is 14.4 Å². The predicted octanol–water partition coefficient (Wildman–Crippen LogP) is 3.07. The molecule has 2 heterocycles. The Labute approximate surface area is 202 Å². The van der Waals surface area contributed by atoms with Crippen molar-refractivity contribution in [3.63, 3.8) is 0 Å². The Hall–Kier alpha value is -3.14. The number of carbonyl (C=O) groups is 3. The zero-order valence-corrected chi connectivity index (χ0v) is 19.5. The van der Waals surface area contributed by atoms with Crippen LogP contribution in [-0.4, -0.2) is 68.6 Å². The van der Waals surface area contributed by atoms with Gasteiger partial charge in [-0.3, -0.25) is 14.9 Å². The smallest absolute Gasteiger partial charge is 0.413 e. The van der Waals surface area contributed by atoms with Crippen LogP contribution in [0.3, 0.4) is 0 Å². The minimum atomic E-state index is -0.741. The maximum Gasteiger partial charge on any atom is 0.413 e. The second-order valence-corrected chi connectivity index (χ2v) is 8.51. The van der Waals surface area contributed by atoms with Gasteiger partial charge in [-0.1, -0.05) is 23.7 Å². The molecule has 2 saturated heterocycles. The van der Waals surface area contributed by atoms with Gasteiger partial charge in [0.2, 0.25) is 5.91 Å². The van der Waals surface area contributed by atoms with Gasteiger partial charge in [-0.2, -0.15) is 0 Å². The Balaban J connectivity index is 1.37. The number of amides is 3. The van der Waals surface area contributed by atoms with Gasteiger partial charge in [0.25, 0.3) is 5.91 Å². The summed E-state index contributed by atoms with van der Waals surface area (Å²) in [6, 6.07) is 13.9. The standard InChI is InChI=1S/C24H26ClN3O6/c1-32-20-13-23(34-24(31)26-18-6-4-17(25)5-7-18)28(14-20)21(29)12-16-2-8-19(9-3-16)27-10-11-33-15-22(27)30/h2-9,20,23H,10-15H2,1H3,(H,26,31)/t20-,23+/m1/s1. The summed E-state index contributed by atoms with van der Waals surface area (Å²) in [7, 11) is 1.56. The van der Waals surface area contributed by atoms with Crippen LogP contribution in [0.4, 0.5) is 16.2 Å². The van der Waals surface area contributed by atoms with Crippen molar-refractivity contribution in [3.05, 3.63) is 59.1 Å². The Morgan fingerprint density at radius 2 is 1.88 bits per heavy atom. The van der Waals surface area contributed by atoms with Gasteiger partial charge in [0, 0.05) is 36.5 Å². The third-order valence-corrected chi connectivity index (χ3v) is 6.04. The molecule has 0 unspecified atom stereocenters. The van der Waals surface area contributed by atoms with Crippen molar-refractivity contribution in [2.45, 2.75) is 25.2 Å². The third-order valence-electron chi connectivity index (χ3n) is 5.79. The average Bonchev–Trinajstić information content (AvgIpc) is 3.24. The van der Waals surface area contributed by atoms with Crippen LogP contribution < -0.4 is 10.2 Å². The first-order valence-corrected chi connectivity index (χ1v) is 11.3. The highest BCUT2D eigenvalue weighted by molar-refractivity contribution is 6.30. The normalized spacial score (nSPS) is 20.4. The molecule has 0 radical (unpaired) electrons. The summed E-state index contributed by atoms with van der Waals surface area (Å²) in [6.45, 7) is 1.40. The first kappa shape index (κ1) is 24.0. The number of likely N-dealkylation sites (tertiary alicyclic amines) is 1. The lowest BCUT2D eigenvalue weighted by atomic mass is 10.1. The summed E-state index contributed by atoms with van der Waals surface area (Å²) in [5.41, 5.74) is 2.09. The average molecular weight is 488 g/mol. The first-order chi connectivity index (χ1) is 16.4. The number of carbonyl (C=O) groups excluding carboxylic acids is 3. The zero-order chi connectivity index (χ0) is 24.1. The Bertz CT molecular complexity index is 1030. The van der Waals surface area contributed by atoms with Crippen LogP contribution >= 0.6 is 11.6 Å². The lowest BCUT2D eigenvalue weighted by molar-refractivity contribution is -0.137. The molecule has 2 aromatic carbocycles. The predicted molar refractivity (Wildman–Crippen MR) is 126 cm³/mol. The van der Waals surface area contributed by atoms with Crippen LogP contribution in [0.15, 0.2) is 48.5 Å². The largest absolute Gasteiger partial charge is 0.425 e. The maximum absolute atomic E-state index is 13.1. The lowest BCUT2D eigenvalue weighted by Crippen LogP contribution is -2.41. The fourth-order valence-corrected chi connectivity index (χ4v) is 4.10. The molecule has 180 valence electrons. The first-order valence-electron chi connectivity index (χ1n) is 11.0. The van der Waals surface area contributed by atoms with Gasteiger partial charge in [0.1, 0.15) is 6.61 Å². The van der Waals surface area contributed by atoms with Crippen molar-refractivity contribution in [1.29, 1.82) is 0 Å². The van der Waals surface area contributed by atoms with Crippen LogP contribution in [-0.2, 0) is 30.2 Å². The molecular formula is C24H26ClN3O6. The summed E-state index contributed by atoms with van der Waals surface area (Å²) in [6.07, 6.45) is -1.12. The number of halogens is 1. The fourth-order valence-electron chi connectivity index (χ4n) is 3.97. The molecule has 0 aromatic heterocycles. The van der Waals surface area contributed by atoms with Gasteiger partial charge in [0.05, 0.1) is 25.7 Å². The van der Waals surface area contributed by atoms with Crippen molar-refractivity contribution in [2.24, 2.45) is 0 Å². The van der Waals surface area contributed by atoms with E-state index in [1.54, 1.807) is 36.3 Å². The molecule has 10 heteroatoms. The zero-order valence-electron chi connectivity index (χ0n) is 18.7. The van der Waals surface area contributed by atoms with Crippen molar-refractivity contribution in [3.8, 4) is 0 Å². The van der Waals surface area contributed by atoms with Crippen LogP contribution in [0, 0.1) is 0 Å². The van der Waals surface area contributed by atoms with E-state index in [1.807, 2.05) is 24.3 Å². The number of rotatable bonds is 6. The van der Waals surface area contributed by atoms with E-state index in [4.69, 9.17) is 25.8 Å². The van der Waals surface area contributed by atoms with E-state index in [0.717, 1.165) is 11.3 Å². The van der Waals surface area contributed by atoms with E-state index in [2.05, 4.69) is 5.32 Å². The molecule has 0 spiro atoms. The van der Waals surface area contributed by atoms with Crippen molar-refractivity contribution >= 4 is 40.9 Å². The molecule has 2 fully saturated rings. The van der Waals surface area contributed by atoms with Crippen molar-refractivity contribution < 1.29 is 28.6 Å². The minimum absolute atomic E-state index is 0.0723. The SMILES string of the molecule is CO[C@@H]1C[C@H](OC(=O)Nc2ccc(Cl)cc2)N(C(=O)Cc2ccc(N3CCOCC3=O)cc2)C1. The van der Waals surface area contributed by atoms with Crippen molar-refractivity contribution in [1.82, 2.24) is 4.90 Å². The summed E-state index contributed by atoms with van der Waals surface area (Å²) >= 11 is 5.87. The van der Waals surface area contributed by atoms with Crippen LogP contribution in [0.5, 0.6) is 0 Å². The van der Waals surface area contributed by atoms with Crippen LogP contribution in [0.25, 0.3) is 0 Å². The van der Waals surface area contributed by atoms with Gasteiger partial charge in [0.15, 0.2) is 6.23 Å². The molecule has 2 aliphatic rings. The van der Waals surface area contributed by atoms with Gasteiger partial charge in [-0.05, 0) is 42.0 Å². The molecule has 2 aliphatic heterocycles. The molecule has 0 aliphatic carbocycles. The van der Waals surface area contributed by atoms with Gasteiger partial charge >= 0.3 is 6.09 Å². The Kier molecular flexibility index (Phi) is 7.66. The highest BCUT2D eigenvalue weighted by Crippen LogP contribution is 2.24. The number of benzene rings is 2. The van der Waals surface area contributed by atoms with Gasteiger partial charge in [-0.15, -0.1) is 0 Å². The Morgan fingerprint density at radius 1 is 1.15 bits per heavy atom. The van der Waals surface area contributed by atoms with Crippen molar-refractivity contribution in [2.75, 3.05) is 43.6 Å². The molecule has 9 nitrogen and oxygen atoms in total.